The quantitative estimate of drug-likeness (QED) is 0.471. The first-order valence-electron chi connectivity index (χ1n) is 3.89. The highest BCUT2D eigenvalue weighted by Gasteiger charge is 2.35. The second-order valence-electron chi connectivity index (χ2n) is 2.89. The number of carbonyl (C=O) groups is 1. The summed E-state index contributed by atoms with van der Waals surface area (Å²) in [4.78, 5) is 20.4. The predicted molar refractivity (Wildman–Crippen MR) is 56.0 cm³/mol. The lowest BCUT2D eigenvalue weighted by Gasteiger charge is -2.09. The molecule has 0 aromatic heterocycles. The number of nitrogens with zero attached hydrogens (tertiary/aromatic N) is 1. The Balaban J connectivity index is 3.59. The lowest BCUT2D eigenvalue weighted by Crippen LogP contribution is -2.08. The van der Waals surface area contributed by atoms with Crippen LogP contribution in [0.2, 0.25) is 0 Å². The van der Waals surface area contributed by atoms with Gasteiger partial charge in [0, 0.05) is 6.07 Å². The summed E-state index contributed by atoms with van der Waals surface area (Å²) in [6.45, 7) is 0. The lowest BCUT2D eigenvalue weighted by atomic mass is 10.1. The van der Waals surface area contributed by atoms with E-state index in [4.69, 9.17) is 11.6 Å². The molecule has 0 fully saturated rings. The molecule has 9 heteroatoms. The van der Waals surface area contributed by atoms with E-state index in [2.05, 4.69) is 15.9 Å². The van der Waals surface area contributed by atoms with Crippen molar-refractivity contribution in [2.45, 2.75) is 6.18 Å². The molecule has 0 aliphatic heterocycles. The number of benzene rings is 1. The Morgan fingerprint density at radius 3 is 2.29 bits per heavy atom. The molecule has 0 aliphatic rings. The number of carbonyl (C=O) groups excluding carboxylic acids is 1. The summed E-state index contributed by atoms with van der Waals surface area (Å²) in [7, 11) is 0. The summed E-state index contributed by atoms with van der Waals surface area (Å²) in [5, 5.41) is 9.31. The molecule has 0 heterocycles. The van der Waals surface area contributed by atoms with Crippen molar-refractivity contribution in [1.29, 1.82) is 0 Å². The van der Waals surface area contributed by atoms with Gasteiger partial charge < -0.3 is 0 Å². The number of halogens is 5. The fourth-order valence-electron chi connectivity index (χ4n) is 1.05. The third-order valence-corrected chi connectivity index (χ3v) is 2.83. The maximum absolute atomic E-state index is 12.4. The molecule has 0 N–H and O–H groups in total. The summed E-state index contributed by atoms with van der Waals surface area (Å²) < 4.78 is 36.9. The van der Waals surface area contributed by atoms with Crippen molar-refractivity contribution < 1.29 is 22.9 Å². The highest BCUT2D eigenvalue weighted by Crippen LogP contribution is 2.37. The van der Waals surface area contributed by atoms with Crippen molar-refractivity contribution in [3.8, 4) is 0 Å². The molecule has 4 nitrogen and oxygen atoms in total. The van der Waals surface area contributed by atoms with E-state index >= 15 is 0 Å². The zero-order valence-corrected chi connectivity index (χ0v) is 10.1. The van der Waals surface area contributed by atoms with Gasteiger partial charge in [0.15, 0.2) is 0 Å². The molecular formula is C8H2BrClF3NO3. The van der Waals surface area contributed by atoms with Crippen LogP contribution in [0.1, 0.15) is 15.9 Å². The fourth-order valence-corrected chi connectivity index (χ4v) is 1.87. The van der Waals surface area contributed by atoms with Crippen LogP contribution in [0.15, 0.2) is 16.6 Å². The number of hydrogen-bond acceptors (Lipinski definition) is 3. The second-order valence-corrected chi connectivity index (χ2v) is 4.02. The highest BCUT2D eigenvalue weighted by molar-refractivity contribution is 9.10. The molecule has 0 amide bonds. The first-order chi connectivity index (χ1) is 7.64. The van der Waals surface area contributed by atoms with Gasteiger partial charge in [0.1, 0.15) is 4.47 Å². The third kappa shape index (κ3) is 2.95. The Kier molecular flexibility index (Phi) is 3.78. The Bertz CT molecular complexity index is 468. The molecule has 1 rings (SSSR count). The maximum Gasteiger partial charge on any atom is 0.416 e. The van der Waals surface area contributed by atoms with Crippen LogP contribution >= 0.6 is 27.5 Å². The van der Waals surface area contributed by atoms with Crippen LogP contribution in [0, 0.1) is 10.1 Å². The smallest absolute Gasteiger partial charge is 0.276 e. The summed E-state index contributed by atoms with van der Waals surface area (Å²) in [5.41, 5.74) is -2.78. The normalized spacial score (nSPS) is 11.4. The van der Waals surface area contributed by atoms with Gasteiger partial charge in [-0.05, 0) is 33.6 Å². The van der Waals surface area contributed by atoms with Gasteiger partial charge in [-0.1, -0.05) is 0 Å². The van der Waals surface area contributed by atoms with Crippen LogP contribution in [-0.2, 0) is 6.18 Å². The minimum absolute atomic E-state index is 0.327. The van der Waals surface area contributed by atoms with E-state index in [9.17, 15) is 28.1 Å². The Labute approximate surface area is 106 Å². The minimum atomic E-state index is -4.80. The SMILES string of the molecule is O=C(Cl)c1cc(C(F)(F)F)cc([N+](=O)[O-])c1Br. The Morgan fingerprint density at radius 1 is 1.41 bits per heavy atom. The van der Waals surface area contributed by atoms with Gasteiger partial charge in [-0.2, -0.15) is 13.2 Å². The largest absolute Gasteiger partial charge is 0.416 e. The molecule has 0 atom stereocenters. The standard InChI is InChI=1S/C8H2BrClF3NO3/c9-6-4(7(10)15)1-3(8(11,12)13)2-5(6)14(16)17/h1-2H. The van der Waals surface area contributed by atoms with E-state index in [0.717, 1.165) is 0 Å². The Hall–Kier alpha value is -1.15. The molecule has 17 heavy (non-hydrogen) atoms. The number of hydrogen-bond donors (Lipinski definition) is 0. The van der Waals surface area contributed by atoms with Crippen LogP contribution in [0.5, 0.6) is 0 Å². The summed E-state index contributed by atoms with van der Waals surface area (Å²) >= 11 is 7.72. The first-order valence-corrected chi connectivity index (χ1v) is 5.06. The molecule has 92 valence electrons. The minimum Gasteiger partial charge on any atom is -0.276 e. The number of alkyl halides is 3. The van der Waals surface area contributed by atoms with Crippen molar-refractivity contribution in [2.24, 2.45) is 0 Å². The number of rotatable bonds is 2. The second kappa shape index (κ2) is 4.61. The molecular weight excluding hydrogens is 330 g/mol. The van der Waals surface area contributed by atoms with Crippen LogP contribution in [0.25, 0.3) is 0 Å². The van der Waals surface area contributed by atoms with Crippen molar-refractivity contribution in [3.63, 3.8) is 0 Å². The van der Waals surface area contributed by atoms with Gasteiger partial charge in [-0.15, -0.1) is 0 Å². The molecule has 0 spiro atoms. The van der Waals surface area contributed by atoms with Gasteiger partial charge in [0.2, 0.25) is 0 Å². The number of nitro groups is 1. The van der Waals surface area contributed by atoms with E-state index < -0.39 is 33.2 Å². The molecule has 0 bridgehead atoms. The van der Waals surface area contributed by atoms with Gasteiger partial charge in [0.05, 0.1) is 16.1 Å². The van der Waals surface area contributed by atoms with Gasteiger partial charge in [0.25, 0.3) is 10.9 Å². The molecule has 1 aromatic carbocycles. The summed E-state index contributed by atoms with van der Waals surface area (Å²) in [5.74, 6) is 0. The highest BCUT2D eigenvalue weighted by atomic mass is 79.9. The van der Waals surface area contributed by atoms with Gasteiger partial charge in [-0.3, -0.25) is 14.9 Å². The van der Waals surface area contributed by atoms with Crippen molar-refractivity contribution in [2.75, 3.05) is 0 Å². The monoisotopic (exact) mass is 331 g/mol. The molecule has 0 saturated heterocycles. The third-order valence-electron chi connectivity index (χ3n) is 1.79. The summed E-state index contributed by atoms with van der Waals surface area (Å²) in [6.07, 6.45) is -4.80. The predicted octanol–water partition coefficient (Wildman–Crippen LogP) is 3.76. The number of nitro benzene ring substituents is 1. The molecule has 0 aliphatic carbocycles. The van der Waals surface area contributed by atoms with Crippen molar-refractivity contribution >= 4 is 38.5 Å². The van der Waals surface area contributed by atoms with Crippen LogP contribution in [0.3, 0.4) is 0 Å². The first kappa shape index (κ1) is 13.9. The van der Waals surface area contributed by atoms with E-state index in [1.54, 1.807) is 0 Å². The molecule has 1 aromatic rings. The zero-order valence-electron chi connectivity index (χ0n) is 7.72. The lowest BCUT2D eigenvalue weighted by molar-refractivity contribution is -0.385. The maximum atomic E-state index is 12.4. The van der Waals surface area contributed by atoms with Crippen LogP contribution < -0.4 is 0 Å². The van der Waals surface area contributed by atoms with Crippen LogP contribution in [-0.4, -0.2) is 10.2 Å². The van der Waals surface area contributed by atoms with E-state index in [1.807, 2.05) is 0 Å². The average Bonchev–Trinajstić information content (AvgIpc) is 2.14. The summed E-state index contributed by atoms with van der Waals surface area (Å²) in [6, 6.07) is 0.778. The van der Waals surface area contributed by atoms with Crippen molar-refractivity contribution in [1.82, 2.24) is 0 Å². The van der Waals surface area contributed by atoms with Crippen LogP contribution in [0.4, 0.5) is 18.9 Å². The van der Waals surface area contributed by atoms with E-state index in [-0.39, 0.29) is 4.47 Å². The average molecular weight is 332 g/mol. The van der Waals surface area contributed by atoms with E-state index in [0.29, 0.717) is 12.1 Å². The fraction of sp³-hybridized carbons (Fsp3) is 0.125. The van der Waals surface area contributed by atoms with Crippen molar-refractivity contribution in [3.05, 3.63) is 37.8 Å². The molecule has 0 unspecified atom stereocenters. The topological polar surface area (TPSA) is 60.2 Å². The van der Waals surface area contributed by atoms with E-state index in [1.165, 1.54) is 0 Å². The molecule has 0 saturated carbocycles. The molecule has 0 radical (unpaired) electrons. The van der Waals surface area contributed by atoms with Gasteiger partial charge >= 0.3 is 6.18 Å². The Morgan fingerprint density at radius 2 is 1.94 bits per heavy atom. The van der Waals surface area contributed by atoms with Gasteiger partial charge in [-0.25, -0.2) is 0 Å². The zero-order chi connectivity index (χ0) is 13.4.